The first-order valence-corrected chi connectivity index (χ1v) is 7.96. The summed E-state index contributed by atoms with van der Waals surface area (Å²) in [5, 5.41) is 0. The lowest BCUT2D eigenvalue weighted by molar-refractivity contribution is -0.147. The van der Waals surface area contributed by atoms with Gasteiger partial charge in [0.25, 0.3) is 0 Å². The van der Waals surface area contributed by atoms with Crippen molar-refractivity contribution in [3.8, 4) is 0 Å². The van der Waals surface area contributed by atoms with Crippen molar-refractivity contribution in [3.63, 3.8) is 0 Å². The van der Waals surface area contributed by atoms with Crippen LogP contribution in [0, 0.1) is 12.3 Å². The van der Waals surface area contributed by atoms with E-state index in [1.807, 2.05) is 4.90 Å². The summed E-state index contributed by atoms with van der Waals surface area (Å²) in [5.74, 6) is 0.292. The van der Waals surface area contributed by atoms with Crippen LogP contribution in [0.5, 0.6) is 0 Å². The number of hydrogen-bond donors (Lipinski definition) is 1. The Bertz CT molecular complexity index is 511. The van der Waals surface area contributed by atoms with Crippen LogP contribution in [0.2, 0.25) is 0 Å². The maximum atomic E-state index is 12.7. The van der Waals surface area contributed by atoms with Gasteiger partial charge in [0, 0.05) is 38.4 Å². The van der Waals surface area contributed by atoms with E-state index < -0.39 is 0 Å². The number of carbonyl (C=O) groups excluding carboxylic acids is 1. The Labute approximate surface area is 126 Å². The molecule has 0 radical (unpaired) electrons. The number of aryl methyl sites for hydroxylation is 1. The van der Waals surface area contributed by atoms with E-state index in [4.69, 9.17) is 5.73 Å². The van der Waals surface area contributed by atoms with E-state index in [-0.39, 0.29) is 5.41 Å². The summed E-state index contributed by atoms with van der Waals surface area (Å²) in [6.07, 6.45) is 3.09. The standard InChI is InChI=1S/C17H25N3O/c1-14-4-2-5-15(12-14)19-8-10-20(11-9-19)16(21)17(13-18)6-3-7-17/h2,4-5,12H,3,6-11,13,18H2,1H3. The summed E-state index contributed by atoms with van der Waals surface area (Å²) < 4.78 is 0. The number of anilines is 1. The second kappa shape index (κ2) is 5.68. The van der Waals surface area contributed by atoms with E-state index in [1.165, 1.54) is 11.3 Å². The normalized spacial score (nSPS) is 21.0. The Morgan fingerprint density at radius 2 is 1.95 bits per heavy atom. The van der Waals surface area contributed by atoms with Gasteiger partial charge >= 0.3 is 0 Å². The molecule has 2 fully saturated rings. The molecule has 1 saturated carbocycles. The average Bonchev–Trinajstić information content (AvgIpc) is 2.47. The molecule has 1 amide bonds. The van der Waals surface area contributed by atoms with Crippen LogP contribution in [0.1, 0.15) is 24.8 Å². The molecule has 1 aliphatic heterocycles. The van der Waals surface area contributed by atoms with Gasteiger partial charge in [0.1, 0.15) is 0 Å². The van der Waals surface area contributed by atoms with Crippen molar-refractivity contribution in [1.29, 1.82) is 0 Å². The van der Waals surface area contributed by atoms with Crippen molar-refractivity contribution in [1.82, 2.24) is 4.90 Å². The van der Waals surface area contributed by atoms with Crippen LogP contribution in [-0.4, -0.2) is 43.5 Å². The zero-order chi connectivity index (χ0) is 14.9. The number of nitrogens with zero attached hydrogens (tertiary/aromatic N) is 2. The molecule has 0 unspecified atom stereocenters. The highest BCUT2D eigenvalue weighted by atomic mass is 16.2. The average molecular weight is 287 g/mol. The Kier molecular flexibility index (Phi) is 3.89. The zero-order valence-electron chi connectivity index (χ0n) is 12.8. The number of nitrogens with two attached hydrogens (primary N) is 1. The molecule has 21 heavy (non-hydrogen) atoms. The van der Waals surface area contributed by atoms with Gasteiger partial charge in [0.15, 0.2) is 0 Å². The highest BCUT2D eigenvalue weighted by Crippen LogP contribution is 2.41. The van der Waals surface area contributed by atoms with Crippen LogP contribution < -0.4 is 10.6 Å². The minimum Gasteiger partial charge on any atom is -0.368 e. The lowest BCUT2D eigenvalue weighted by Crippen LogP contribution is -2.57. The Morgan fingerprint density at radius 3 is 2.48 bits per heavy atom. The molecular formula is C17H25N3O. The number of amides is 1. The van der Waals surface area contributed by atoms with Crippen molar-refractivity contribution in [2.45, 2.75) is 26.2 Å². The molecule has 4 heteroatoms. The van der Waals surface area contributed by atoms with Crippen molar-refractivity contribution < 1.29 is 4.79 Å². The van der Waals surface area contributed by atoms with Crippen molar-refractivity contribution >= 4 is 11.6 Å². The van der Waals surface area contributed by atoms with Crippen molar-refractivity contribution in [2.24, 2.45) is 11.1 Å². The zero-order valence-corrected chi connectivity index (χ0v) is 12.8. The number of rotatable bonds is 3. The van der Waals surface area contributed by atoms with Gasteiger partial charge in [0.05, 0.1) is 5.41 Å². The van der Waals surface area contributed by atoms with Gasteiger partial charge in [-0.05, 0) is 37.5 Å². The molecule has 0 aromatic heterocycles. The molecule has 114 valence electrons. The molecule has 3 rings (SSSR count). The minimum absolute atomic E-state index is 0.231. The summed E-state index contributed by atoms with van der Waals surface area (Å²) in [7, 11) is 0. The summed E-state index contributed by atoms with van der Waals surface area (Å²) in [5.41, 5.74) is 8.17. The van der Waals surface area contributed by atoms with Gasteiger partial charge in [-0.2, -0.15) is 0 Å². The molecule has 2 aliphatic rings. The number of piperazine rings is 1. The predicted molar refractivity (Wildman–Crippen MR) is 85.3 cm³/mol. The molecule has 0 spiro atoms. The molecule has 1 aromatic rings. The predicted octanol–water partition coefficient (Wildman–Crippen LogP) is 1.77. The van der Waals surface area contributed by atoms with Crippen LogP contribution in [0.3, 0.4) is 0 Å². The van der Waals surface area contributed by atoms with Gasteiger partial charge in [0.2, 0.25) is 5.91 Å². The Hall–Kier alpha value is -1.55. The molecule has 1 heterocycles. The van der Waals surface area contributed by atoms with Gasteiger partial charge in [-0.3, -0.25) is 4.79 Å². The Morgan fingerprint density at radius 1 is 1.24 bits per heavy atom. The third kappa shape index (κ3) is 2.64. The van der Waals surface area contributed by atoms with Crippen LogP contribution in [0.4, 0.5) is 5.69 Å². The minimum atomic E-state index is -0.231. The summed E-state index contributed by atoms with van der Waals surface area (Å²) in [6, 6.07) is 8.58. The van der Waals surface area contributed by atoms with Gasteiger partial charge in [-0.15, -0.1) is 0 Å². The smallest absolute Gasteiger partial charge is 0.230 e. The molecule has 0 bridgehead atoms. The van der Waals surface area contributed by atoms with E-state index in [0.29, 0.717) is 12.5 Å². The van der Waals surface area contributed by atoms with Gasteiger partial charge in [-0.25, -0.2) is 0 Å². The largest absolute Gasteiger partial charge is 0.368 e. The van der Waals surface area contributed by atoms with E-state index in [1.54, 1.807) is 0 Å². The highest BCUT2D eigenvalue weighted by Gasteiger charge is 2.45. The lowest BCUT2D eigenvalue weighted by atomic mass is 9.67. The van der Waals surface area contributed by atoms with E-state index in [0.717, 1.165) is 45.4 Å². The molecule has 2 N–H and O–H groups in total. The van der Waals surface area contributed by atoms with E-state index in [2.05, 4.69) is 36.1 Å². The number of benzene rings is 1. The third-order valence-electron chi connectivity index (χ3n) is 5.09. The van der Waals surface area contributed by atoms with Crippen molar-refractivity contribution in [2.75, 3.05) is 37.6 Å². The van der Waals surface area contributed by atoms with E-state index >= 15 is 0 Å². The lowest BCUT2D eigenvalue weighted by Gasteiger charge is -2.45. The van der Waals surface area contributed by atoms with Crippen molar-refractivity contribution in [3.05, 3.63) is 29.8 Å². The third-order valence-corrected chi connectivity index (χ3v) is 5.09. The van der Waals surface area contributed by atoms with Crippen LogP contribution in [0.15, 0.2) is 24.3 Å². The second-order valence-electron chi connectivity index (χ2n) is 6.46. The maximum absolute atomic E-state index is 12.7. The molecular weight excluding hydrogens is 262 g/mol. The first-order valence-electron chi connectivity index (χ1n) is 7.96. The maximum Gasteiger partial charge on any atom is 0.230 e. The van der Waals surface area contributed by atoms with Gasteiger partial charge < -0.3 is 15.5 Å². The fourth-order valence-electron chi connectivity index (χ4n) is 3.44. The molecule has 1 saturated heterocycles. The highest BCUT2D eigenvalue weighted by molar-refractivity contribution is 5.84. The van der Waals surface area contributed by atoms with Crippen LogP contribution in [0.25, 0.3) is 0 Å². The summed E-state index contributed by atoms with van der Waals surface area (Å²) in [4.78, 5) is 17.1. The topological polar surface area (TPSA) is 49.6 Å². The Balaban J connectivity index is 1.61. The first kappa shape index (κ1) is 14.4. The van der Waals surface area contributed by atoms with Gasteiger partial charge in [-0.1, -0.05) is 18.6 Å². The second-order valence-corrected chi connectivity index (χ2v) is 6.46. The fourth-order valence-corrected chi connectivity index (χ4v) is 3.44. The number of hydrogen-bond acceptors (Lipinski definition) is 3. The summed E-state index contributed by atoms with van der Waals surface area (Å²) in [6.45, 7) is 6.07. The monoisotopic (exact) mass is 287 g/mol. The summed E-state index contributed by atoms with van der Waals surface area (Å²) >= 11 is 0. The van der Waals surface area contributed by atoms with E-state index in [9.17, 15) is 4.79 Å². The first-order chi connectivity index (χ1) is 10.1. The molecule has 1 aromatic carbocycles. The molecule has 1 aliphatic carbocycles. The molecule has 4 nitrogen and oxygen atoms in total. The van der Waals surface area contributed by atoms with Crippen LogP contribution in [-0.2, 0) is 4.79 Å². The number of carbonyl (C=O) groups is 1. The molecule has 0 atom stereocenters. The SMILES string of the molecule is Cc1cccc(N2CCN(C(=O)C3(CN)CCC3)CC2)c1. The fraction of sp³-hybridized carbons (Fsp3) is 0.588. The quantitative estimate of drug-likeness (QED) is 0.922. The van der Waals surface area contributed by atoms with Crippen LogP contribution >= 0.6 is 0 Å².